The summed E-state index contributed by atoms with van der Waals surface area (Å²) in [7, 11) is 0. The van der Waals surface area contributed by atoms with Crippen LogP contribution in [0.4, 0.5) is 13.2 Å². The van der Waals surface area contributed by atoms with Gasteiger partial charge in [-0.3, -0.25) is 0 Å². The molecule has 1 atom stereocenters. The summed E-state index contributed by atoms with van der Waals surface area (Å²) in [6.07, 6.45) is -2.48. The highest BCUT2D eigenvalue weighted by molar-refractivity contribution is 6.20. The Bertz CT molecular complexity index is 348. The van der Waals surface area contributed by atoms with Gasteiger partial charge in [0.1, 0.15) is 0 Å². The van der Waals surface area contributed by atoms with Crippen molar-refractivity contribution in [2.45, 2.75) is 37.9 Å². The highest BCUT2D eigenvalue weighted by atomic mass is 35.5. The zero-order valence-electron chi connectivity index (χ0n) is 10.2. The Balaban J connectivity index is 2.36. The van der Waals surface area contributed by atoms with Crippen LogP contribution in [0.15, 0.2) is 24.3 Å². The molecule has 0 fully saturated rings. The van der Waals surface area contributed by atoms with Crippen LogP contribution in [0.2, 0.25) is 0 Å². The molecule has 1 unspecified atom stereocenters. The second-order valence-electron chi connectivity index (χ2n) is 4.17. The molecule has 0 heterocycles. The first-order valence-corrected chi connectivity index (χ1v) is 6.38. The maximum Gasteiger partial charge on any atom is 0.416 e. The number of hydrogen-bond acceptors (Lipinski definition) is 1. The first-order valence-electron chi connectivity index (χ1n) is 5.94. The monoisotopic (exact) mass is 279 g/mol. The molecule has 102 valence electrons. The van der Waals surface area contributed by atoms with Gasteiger partial charge in [0.25, 0.3) is 0 Å². The molecule has 0 radical (unpaired) electrons. The van der Waals surface area contributed by atoms with Gasteiger partial charge in [-0.25, -0.2) is 0 Å². The number of benzene rings is 1. The fourth-order valence-corrected chi connectivity index (χ4v) is 1.62. The summed E-state index contributed by atoms with van der Waals surface area (Å²) in [6, 6.07) is 5.20. The molecule has 1 aromatic rings. The van der Waals surface area contributed by atoms with Crippen molar-refractivity contribution >= 4 is 11.6 Å². The van der Waals surface area contributed by atoms with Crippen LogP contribution in [0.1, 0.15) is 30.9 Å². The highest BCUT2D eigenvalue weighted by Crippen LogP contribution is 2.28. The number of halogens is 4. The first kappa shape index (κ1) is 15.3. The smallest absolute Gasteiger partial charge is 0.313 e. The lowest BCUT2D eigenvalue weighted by Crippen LogP contribution is -2.17. The van der Waals surface area contributed by atoms with Gasteiger partial charge in [-0.15, -0.1) is 11.6 Å². The van der Waals surface area contributed by atoms with Crippen molar-refractivity contribution in [2.75, 3.05) is 6.54 Å². The molecule has 0 saturated carbocycles. The summed E-state index contributed by atoms with van der Waals surface area (Å²) in [5, 5.41) is 3.32. The van der Waals surface area contributed by atoms with Crippen LogP contribution in [0.3, 0.4) is 0 Å². The fraction of sp³-hybridized carbons (Fsp3) is 0.538. The minimum absolute atomic E-state index is 0.158. The van der Waals surface area contributed by atoms with E-state index in [2.05, 4.69) is 5.32 Å². The Morgan fingerprint density at radius 3 is 2.33 bits per heavy atom. The van der Waals surface area contributed by atoms with Crippen molar-refractivity contribution in [3.8, 4) is 0 Å². The third-order valence-electron chi connectivity index (χ3n) is 2.69. The molecule has 5 heteroatoms. The fourth-order valence-electron chi connectivity index (χ4n) is 1.51. The van der Waals surface area contributed by atoms with Crippen LogP contribution in [0.25, 0.3) is 0 Å². The van der Waals surface area contributed by atoms with E-state index in [0.717, 1.165) is 37.1 Å². The van der Waals surface area contributed by atoms with Gasteiger partial charge in [0.2, 0.25) is 0 Å². The zero-order valence-corrected chi connectivity index (χ0v) is 11.0. The number of hydrogen-bond donors (Lipinski definition) is 1. The van der Waals surface area contributed by atoms with Crippen LogP contribution < -0.4 is 5.32 Å². The Hall–Kier alpha value is -0.740. The molecule has 0 aliphatic carbocycles. The minimum Gasteiger partial charge on any atom is -0.313 e. The molecule has 18 heavy (non-hydrogen) atoms. The molecule has 1 rings (SSSR count). The average Bonchev–Trinajstić information content (AvgIpc) is 2.33. The number of nitrogens with one attached hydrogen (secondary N) is 1. The lowest BCUT2D eigenvalue weighted by molar-refractivity contribution is -0.137. The largest absolute Gasteiger partial charge is 0.416 e. The lowest BCUT2D eigenvalue weighted by atomic mass is 10.1. The van der Waals surface area contributed by atoms with Gasteiger partial charge in [0.05, 0.1) is 5.56 Å². The molecule has 0 aliphatic rings. The summed E-state index contributed by atoms with van der Waals surface area (Å²) < 4.78 is 37.0. The van der Waals surface area contributed by atoms with E-state index in [1.54, 1.807) is 0 Å². The van der Waals surface area contributed by atoms with Crippen LogP contribution in [0, 0.1) is 0 Å². The topological polar surface area (TPSA) is 12.0 Å². The summed E-state index contributed by atoms with van der Waals surface area (Å²) in [5.41, 5.74) is 0.226. The molecular formula is C13H17ClF3N. The van der Waals surface area contributed by atoms with Crippen LogP contribution in [-0.4, -0.2) is 11.9 Å². The van der Waals surface area contributed by atoms with Crippen molar-refractivity contribution in [2.24, 2.45) is 0 Å². The Morgan fingerprint density at radius 1 is 1.22 bits per heavy atom. The molecule has 1 aromatic carbocycles. The maximum atomic E-state index is 12.3. The molecule has 0 saturated heterocycles. The van der Waals surface area contributed by atoms with Gasteiger partial charge in [0, 0.05) is 11.9 Å². The molecule has 0 amide bonds. The van der Waals surface area contributed by atoms with E-state index >= 15 is 0 Å². The van der Waals surface area contributed by atoms with Crippen LogP contribution in [-0.2, 0) is 12.7 Å². The van der Waals surface area contributed by atoms with Crippen molar-refractivity contribution in [3.63, 3.8) is 0 Å². The Kier molecular flexibility index (Phi) is 5.96. The average molecular weight is 280 g/mol. The maximum absolute atomic E-state index is 12.3. The molecule has 0 aliphatic heterocycles. The van der Waals surface area contributed by atoms with Crippen LogP contribution in [0.5, 0.6) is 0 Å². The van der Waals surface area contributed by atoms with Crippen molar-refractivity contribution in [1.29, 1.82) is 0 Å². The van der Waals surface area contributed by atoms with Crippen molar-refractivity contribution in [3.05, 3.63) is 35.4 Å². The van der Waals surface area contributed by atoms with Gasteiger partial charge in [-0.2, -0.15) is 13.2 Å². The molecule has 0 bridgehead atoms. The molecule has 0 aromatic heterocycles. The van der Waals surface area contributed by atoms with E-state index in [0.29, 0.717) is 6.54 Å². The van der Waals surface area contributed by atoms with E-state index in [1.807, 2.05) is 6.92 Å². The van der Waals surface area contributed by atoms with Gasteiger partial charge in [0.15, 0.2) is 0 Å². The Morgan fingerprint density at radius 2 is 1.83 bits per heavy atom. The number of alkyl halides is 4. The highest BCUT2D eigenvalue weighted by Gasteiger charge is 2.29. The molecule has 0 spiro atoms. The summed E-state index contributed by atoms with van der Waals surface area (Å²) in [5.74, 6) is 0. The molecular weight excluding hydrogens is 263 g/mol. The summed E-state index contributed by atoms with van der Waals surface area (Å²) in [4.78, 5) is 0. The number of rotatable bonds is 6. The van der Waals surface area contributed by atoms with Crippen molar-refractivity contribution < 1.29 is 13.2 Å². The summed E-state index contributed by atoms with van der Waals surface area (Å²) >= 11 is 5.95. The quantitative estimate of drug-likeness (QED) is 0.608. The molecule has 1 nitrogen and oxygen atoms in total. The Labute approximate surface area is 110 Å². The van der Waals surface area contributed by atoms with Crippen molar-refractivity contribution in [1.82, 2.24) is 5.32 Å². The van der Waals surface area contributed by atoms with E-state index in [4.69, 9.17) is 11.6 Å². The molecule has 1 N–H and O–H groups in total. The van der Waals surface area contributed by atoms with Gasteiger partial charge in [-0.05, 0) is 37.1 Å². The lowest BCUT2D eigenvalue weighted by Gasteiger charge is -2.09. The second kappa shape index (κ2) is 7.00. The summed E-state index contributed by atoms with van der Waals surface area (Å²) in [6.45, 7) is 3.35. The van der Waals surface area contributed by atoms with Gasteiger partial charge < -0.3 is 5.32 Å². The van der Waals surface area contributed by atoms with Crippen LogP contribution >= 0.6 is 11.6 Å². The van der Waals surface area contributed by atoms with Gasteiger partial charge >= 0.3 is 6.18 Å². The minimum atomic E-state index is -4.26. The third kappa shape index (κ3) is 5.27. The predicted octanol–water partition coefficient (Wildman–Crippen LogP) is 4.20. The van der Waals surface area contributed by atoms with E-state index in [9.17, 15) is 13.2 Å². The van der Waals surface area contributed by atoms with E-state index < -0.39 is 11.7 Å². The SMILES string of the molecule is CCC(Cl)CCNCc1ccc(C(F)(F)F)cc1. The third-order valence-corrected chi connectivity index (χ3v) is 3.21. The first-order chi connectivity index (χ1) is 8.43. The van der Waals surface area contributed by atoms with Gasteiger partial charge in [-0.1, -0.05) is 19.1 Å². The van der Waals surface area contributed by atoms with E-state index in [-0.39, 0.29) is 5.38 Å². The second-order valence-corrected chi connectivity index (χ2v) is 4.78. The zero-order chi connectivity index (χ0) is 13.6. The predicted molar refractivity (Wildman–Crippen MR) is 67.7 cm³/mol. The van der Waals surface area contributed by atoms with E-state index in [1.165, 1.54) is 12.1 Å². The normalized spacial score (nSPS) is 13.6. The standard InChI is InChI=1S/C13H17ClF3N/c1-2-12(14)7-8-18-9-10-3-5-11(6-4-10)13(15,16)17/h3-6,12,18H,2,7-9H2,1H3.